The number of aliphatic hydroxyl groups is 2. The van der Waals surface area contributed by atoms with Crippen molar-refractivity contribution in [3.8, 4) is 0 Å². The van der Waals surface area contributed by atoms with Gasteiger partial charge in [-0.3, -0.25) is 4.79 Å². The lowest BCUT2D eigenvalue weighted by molar-refractivity contribution is -0.119. The number of ketones is 1. The number of allylic oxidation sites excluding steroid dienone is 2. The van der Waals surface area contributed by atoms with Crippen LogP contribution in [0.5, 0.6) is 0 Å². The van der Waals surface area contributed by atoms with Gasteiger partial charge in [0.25, 0.3) is 0 Å². The predicted molar refractivity (Wildman–Crippen MR) is 69.3 cm³/mol. The van der Waals surface area contributed by atoms with Gasteiger partial charge in [-0.25, -0.2) is 0 Å². The molecule has 0 spiro atoms. The van der Waals surface area contributed by atoms with Gasteiger partial charge >= 0.3 is 0 Å². The minimum Gasteiger partial charge on any atom is -0.393 e. The van der Waals surface area contributed by atoms with Crippen molar-refractivity contribution in [3.05, 3.63) is 25.3 Å². The molecule has 1 aliphatic rings. The van der Waals surface area contributed by atoms with E-state index in [-0.39, 0.29) is 24.3 Å². The highest BCUT2D eigenvalue weighted by molar-refractivity contribution is 6.81. The summed E-state index contributed by atoms with van der Waals surface area (Å²) in [6, 6.07) is 0. The average Bonchev–Trinajstić information content (AvgIpc) is 2.48. The molecule has 0 aromatic carbocycles. The van der Waals surface area contributed by atoms with Crippen LogP contribution in [-0.2, 0) is 9.59 Å². The molecule has 18 heavy (non-hydrogen) atoms. The van der Waals surface area contributed by atoms with Gasteiger partial charge < -0.3 is 15.0 Å². The third-order valence-corrected chi connectivity index (χ3v) is 3.33. The van der Waals surface area contributed by atoms with Gasteiger partial charge in [0, 0.05) is 5.31 Å². The molecule has 1 saturated carbocycles. The monoisotopic (exact) mass is 249 g/mol. The first-order chi connectivity index (χ1) is 8.43. The van der Waals surface area contributed by atoms with E-state index in [1.807, 2.05) is 0 Å². The lowest BCUT2D eigenvalue weighted by atomic mass is 9.45. The summed E-state index contributed by atoms with van der Waals surface area (Å²) >= 11 is 0. The van der Waals surface area contributed by atoms with Gasteiger partial charge in [-0.15, -0.1) is 0 Å². The van der Waals surface area contributed by atoms with E-state index in [9.17, 15) is 19.8 Å². The highest BCUT2D eigenvalue weighted by Crippen LogP contribution is 2.42. The average molecular weight is 249 g/mol. The maximum Gasteiger partial charge on any atom is 0.225 e. The summed E-state index contributed by atoms with van der Waals surface area (Å²) in [5.41, 5.74) is -0.383. The van der Waals surface area contributed by atoms with Crippen molar-refractivity contribution >= 4 is 18.7 Å². The van der Waals surface area contributed by atoms with Gasteiger partial charge in [0.05, 0.1) is 12.2 Å². The van der Waals surface area contributed by atoms with E-state index in [4.69, 9.17) is 0 Å². The molecule has 0 saturated heterocycles. The minimum absolute atomic E-state index is 0.133. The maximum atomic E-state index is 12.0. The van der Waals surface area contributed by atoms with E-state index in [2.05, 4.69) is 13.2 Å². The molecule has 0 aromatic heterocycles. The van der Waals surface area contributed by atoms with Crippen LogP contribution in [0.2, 0.25) is 5.31 Å². The van der Waals surface area contributed by atoms with E-state index < -0.39 is 17.5 Å². The Hall–Kier alpha value is -1.20. The van der Waals surface area contributed by atoms with E-state index in [0.29, 0.717) is 12.8 Å². The van der Waals surface area contributed by atoms with Gasteiger partial charge in [-0.05, 0) is 37.8 Å². The second-order valence-corrected chi connectivity index (χ2v) is 4.77. The Balaban J connectivity index is 3.07. The maximum absolute atomic E-state index is 12.0. The Morgan fingerprint density at radius 1 is 1.11 bits per heavy atom. The summed E-state index contributed by atoms with van der Waals surface area (Å²) in [7, 11) is 1.25. The summed E-state index contributed by atoms with van der Waals surface area (Å²) < 4.78 is 0. The molecule has 2 unspecified atom stereocenters. The van der Waals surface area contributed by atoms with Crippen LogP contribution in [0.15, 0.2) is 25.3 Å². The van der Waals surface area contributed by atoms with Crippen molar-refractivity contribution in [1.82, 2.24) is 0 Å². The van der Waals surface area contributed by atoms with Crippen molar-refractivity contribution in [2.45, 2.75) is 43.2 Å². The SMILES string of the molecule is C=CC(=O)[B]C1(C(=O)C=C)CC(O)CCC(O)C1. The van der Waals surface area contributed by atoms with Gasteiger partial charge in [0.15, 0.2) is 5.78 Å². The Bertz CT molecular complexity index is 352. The molecular formula is C13H18BO4. The highest BCUT2D eigenvalue weighted by Gasteiger charge is 2.44. The van der Waals surface area contributed by atoms with Crippen LogP contribution in [0.3, 0.4) is 0 Å². The number of hydrogen-bond donors (Lipinski definition) is 2. The van der Waals surface area contributed by atoms with Crippen LogP contribution in [-0.4, -0.2) is 41.2 Å². The second kappa shape index (κ2) is 6.11. The Morgan fingerprint density at radius 3 is 2.00 bits per heavy atom. The van der Waals surface area contributed by atoms with Crippen molar-refractivity contribution in [3.63, 3.8) is 0 Å². The van der Waals surface area contributed by atoms with Gasteiger partial charge in [-0.2, -0.15) is 0 Å². The molecule has 2 N–H and O–H groups in total. The third-order valence-electron chi connectivity index (χ3n) is 3.33. The molecule has 1 aliphatic carbocycles. The normalized spacial score (nSPS) is 32.1. The summed E-state index contributed by atoms with van der Waals surface area (Å²) in [5.74, 6) is -0.349. The van der Waals surface area contributed by atoms with Crippen LogP contribution in [0.1, 0.15) is 25.7 Å². The fourth-order valence-electron chi connectivity index (χ4n) is 2.44. The molecule has 2 atom stereocenters. The zero-order valence-corrected chi connectivity index (χ0v) is 10.3. The summed E-state index contributed by atoms with van der Waals surface area (Å²) in [6.45, 7) is 6.79. The lowest BCUT2D eigenvalue weighted by Crippen LogP contribution is -2.37. The Labute approximate surface area is 108 Å². The van der Waals surface area contributed by atoms with Crippen LogP contribution < -0.4 is 0 Å². The summed E-state index contributed by atoms with van der Waals surface area (Å²) in [5, 5.41) is 18.5. The smallest absolute Gasteiger partial charge is 0.225 e. The van der Waals surface area contributed by atoms with Gasteiger partial charge in [0.2, 0.25) is 7.28 Å². The van der Waals surface area contributed by atoms with Crippen molar-refractivity contribution < 1.29 is 19.8 Å². The largest absolute Gasteiger partial charge is 0.393 e. The molecule has 0 amide bonds. The van der Waals surface area contributed by atoms with Gasteiger partial charge in [0.1, 0.15) is 5.68 Å². The molecule has 1 fully saturated rings. The minimum atomic E-state index is -1.16. The summed E-state index contributed by atoms with van der Waals surface area (Å²) in [6.07, 6.45) is 1.94. The van der Waals surface area contributed by atoms with Crippen LogP contribution >= 0.6 is 0 Å². The number of hydrogen-bond acceptors (Lipinski definition) is 4. The zero-order chi connectivity index (χ0) is 13.8. The predicted octanol–water partition coefficient (Wildman–Crippen LogP) is 0.613. The molecule has 4 nitrogen and oxygen atoms in total. The molecule has 0 bridgehead atoms. The lowest BCUT2D eigenvalue weighted by Gasteiger charge is -2.30. The Morgan fingerprint density at radius 2 is 1.61 bits per heavy atom. The molecular weight excluding hydrogens is 231 g/mol. The standard InChI is InChI=1S/C13H18BO4/c1-3-11(17)13(14-12(18)4-2)7-9(15)5-6-10(16)8-13/h3-4,9-10,15-16H,1-2,5-8H2. The molecule has 0 aromatic rings. The third kappa shape index (κ3) is 3.40. The number of aliphatic hydroxyl groups excluding tert-OH is 2. The van der Waals surface area contributed by atoms with Crippen LogP contribution in [0, 0.1) is 0 Å². The second-order valence-electron chi connectivity index (χ2n) is 4.77. The van der Waals surface area contributed by atoms with Gasteiger partial charge in [-0.1, -0.05) is 13.2 Å². The van der Waals surface area contributed by atoms with Crippen molar-refractivity contribution in [2.24, 2.45) is 0 Å². The van der Waals surface area contributed by atoms with E-state index in [0.717, 1.165) is 12.2 Å². The zero-order valence-electron chi connectivity index (χ0n) is 10.3. The van der Waals surface area contributed by atoms with Crippen LogP contribution in [0.4, 0.5) is 0 Å². The van der Waals surface area contributed by atoms with Crippen molar-refractivity contribution in [1.29, 1.82) is 0 Å². The molecule has 5 heteroatoms. The first-order valence-corrected chi connectivity index (χ1v) is 5.99. The van der Waals surface area contributed by atoms with Crippen molar-refractivity contribution in [2.75, 3.05) is 0 Å². The number of carbonyl (C=O) groups excluding carboxylic acids is 2. The molecule has 1 rings (SSSR count). The van der Waals surface area contributed by atoms with E-state index in [1.165, 1.54) is 7.28 Å². The highest BCUT2D eigenvalue weighted by atomic mass is 16.3. The number of carbonyl (C=O) groups is 2. The molecule has 0 heterocycles. The first kappa shape index (κ1) is 14.9. The molecule has 97 valence electrons. The summed E-state index contributed by atoms with van der Waals surface area (Å²) in [4.78, 5) is 23.5. The number of rotatable bonds is 5. The Kier molecular flexibility index (Phi) is 5.05. The molecule has 1 radical (unpaired) electrons. The van der Waals surface area contributed by atoms with Crippen LogP contribution in [0.25, 0.3) is 0 Å². The quantitative estimate of drug-likeness (QED) is 0.425. The fraction of sp³-hybridized carbons (Fsp3) is 0.538. The topological polar surface area (TPSA) is 74.6 Å². The first-order valence-electron chi connectivity index (χ1n) is 5.99. The van der Waals surface area contributed by atoms with E-state index >= 15 is 0 Å². The fourth-order valence-corrected chi connectivity index (χ4v) is 2.44. The van der Waals surface area contributed by atoms with E-state index in [1.54, 1.807) is 0 Å². The molecule has 0 aliphatic heterocycles.